The summed E-state index contributed by atoms with van der Waals surface area (Å²) in [6, 6.07) is 3.50. The minimum absolute atomic E-state index is 0.249. The van der Waals surface area contributed by atoms with Gasteiger partial charge in [-0.2, -0.15) is 0 Å². The number of hydrogen-bond acceptors (Lipinski definition) is 3. The molecule has 19 heavy (non-hydrogen) atoms. The van der Waals surface area contributed by atoms with E-state index >= 15 is 0 Å². The minimum atomic E-state index is -2.75. The summed E-state index contributed by atoms with van der Waals surface area (Å²) in [7, 11) is 0. The molecule has 0 unspecified atom stereocenters. The number of nitro groups is 1. The van der Waals surface area contributed by atoms with E-state index in [9.17, 15) is 18.9 Å². The van der Waals surface area contributed by atoms with Crippen molar-refractivity contribution in [3.05, 3.63) is 33.9 Å². The van der Waals surface area contributed by atoms with Crippen molar-refractivity contribution in [1.29, 1.82) is 0 Å². The fourth-order valence-electron chi connectivity index (χ4n) is 2.01. The van der Waals surface area contributed by atoms with Gasteiger partial charge in [0.25, 0.3) is 12.1 Å². The minimum Gasteiger partial charge on any atom is -0.380 e. The second-order valence-corrected chi connectivity index (χ2v) is 5.09. The molecule has 0 bridgehead atoms. The molecule has 0 heterocycles. The monoisotopic (exact) mass is 272 g/mol. The van der Waals surface area contributed by atoms with Gasteiger partial charge in [0.15, 0.2) is 0 Å². The number of nitro benzene ring substituents is 1. The zero-order valence-electron chi connectivity index (χ0n) is 11.2. The molecule has 1 N–H and O–H groups in total. The molecule has 0 radical (unpaired) electrons. The normalized spacial score (nSPS) is 11.7. The maximum absolute atomic E-state index is 13.0. The summed E-state index contributed by atoms with van der Waals surface area (Å²) >= 11 is 0. The van der Waals surface area contributed by atoms with Crippen molar-refractivity contribution in [3.8, 4) is 0 Å². The number of hydrogen-bond donors (Lipinski definition) is 1. The highest BCUT2D eigenvalue weighted by molar-refractivity contribution is 5.57. The molecule has 6 heteroatoms. The Bertz CT molecular complexity index is 462. The van der Waals surface area contributed by atoms with E-state index in [1.165, 1.54) is 12.1 Å². The summed E-state index contributed by atoms with van der Waals surface area (Å²) < 4.78 is 25.9. The van der Waals surface area contributed by atoms with Crippen molar-refractivity contribution in [2.75, 3.05) is 5.32 Å². The number of nitrogens with zero attached hydrogens (tertiary/aromatic N) is 1. The Hall–Kier alpha value is -1.72. The van der Waals surface area contributed by atoms with Crippen LogP contribution in [0, 0.1) is 10.1 Å². The van der Waals surface area contributed by atoms with Crippen molar-refractivity contribution in [3.63, 3.8) is 0 Å². The molecule has 1 rings (SSSR count). The largest absolute Gasteiger partial charge is 0.380 e. The number of nitrogens with one attached hydrogen (secondary N) is 1. The summed E-state index contributed by atoms with van der Waals surface area (Å²) in [5.41, 5.74) is -0.749. The van der Waals surface area contributed by atoms with E-state index in [1.807, 2.05) is 20.8 Å². The average molecular weight is 272 g/mol. The number of halogens is 2. The van der Waals surface area contributed by atoms with Crippen molar-refractivity contribution in [1.82, 2.24) is 0 Å². The first kappa shape index (κ1) is 15.3. The number of non-ortho nitro benzene ring substituents is 1. The van der Waals surface area contributed by atoms with Crippen molar-refractivity contribution < 1.29 is 13.7 Å². The Morgan fingerprint density at radius 2 is 2.05 bits per heavy atom. The van der Waals surface area contributed by atoms with Crippen molar-refractivity contribution in [2.45, 2.75) is 45.6 Å². The smallest absolute Gasteiger partial charge is 0.270 e. The number of alkyl halides is 2. The van der Waals surface area contributed by atoms with Gasteiger partial charge in [-0.05, 0) is 26.3 Å². The number of benzene rings is 1. The summed E-state index contributed by atoms with van der Waals surface area (Å²) in [5, 5.41) is 13.6. The van der Waals surface area contributed by atoms with Gasteiger partial charge in [-0.15, -0.1) is 0 Å². The molecule has 0 saturated carbocycles. The standard InChI is InChI=1S/C13H18F2N2O2/c1-4-7-13(2,3)16-11-6-5-9(17(18)19)8-10(11)12(14)15/h5-6,8,12,16H,4,7H2,1-3H3. The lowest BCUT2D eigenvalue weighted by Gasteiger charge is -2.28. The maximum Gasteiger partial charge on any atom is 0.270 e. The molecule has 0 spiro atoms. The quantitative estimate of drug-likeness (QED) is 0.611. The topological polar surface area (TPSA) is 55.2 Å². The van der Waals surface area contributed by atoms with E-state index in [0.717, 1.165) is 18.9 Å². The van der Waals surface area contributed by atoms with Gasteiger partial charge in [-0.1, -0.05) is 13.3 Å². The highest BCUT2D eigenvalue weighted by Crippen LogP contribution is 2.33. The van der Waals surface area contributed by atoms with Gasteiger partial charge in [-0.25, -0.2) is 8.78 Å². The first-order chi connectivity index (χ1) is 8.76. The van der Waals surface area contributed by atoms with Crippen LogP contribution in [-0.2, 0) is 0 Å². The van der Waals surface area contributed by atoms with Crippen LogP contribution in [0.2, 0.25) is 0 Å². The van der Waals surface area contributed by atoms with Crippen LogP contribution >= 0.6 is 0 Å². The average Bonchev–Trinajstić information content (AvgIpc) is 2.27. The van der Waals surface area contributed by atoms with E-state index in [0.29, 0.717) is 0 Å². The second kappa shape index (κ2) is 5.95. The van der Waals surface area contributed by atoms with Crippen LogP contribution in [0.4, 0.5) is 20.2 Å². The van der Waals surface area contributed by atoms with E-state index < -0.39 is 11.3 Å². The van der Waals surface area contributed by atoms with E-state index in [2.05, 4.69) is 5.32 Å². The lowest BCUT2D eigenvalue weighted by atomic mass is 9.97. The molecule has 0 aromatic heterocycles. The highest BCUT2D eigenvalue weighted by atomic mass is 19.3. The molecule has 106 valence electrons. The third-order valence-electron chi connectivity index (χ3n) is 2.83. The molecular formula is C13H18F2N2O2. The molecule has 1 aromatic rings. The van der Waals surface area contributed by atoms with Gasteiger partial charge in [-0.3, -0.25) is 10.1 Å². The van der Waals surface area contributed by atoms with Crippen LogP contribution in [-0.4, -0.2) is 10.5 Å². The molecular weight excluding hydrogens is 254 g/mol. The first-order valence-corrected chi connectivity index (χ1v) is 6.11. The van der Waals surface area contributed by atoms with E-state index in [4.69, 9.17) is 0 Å². The predicted molar refractivity (Wildman–Crippen MR) is 70.7 cm³/mol. The Labute approximate surface area is 111 Å². The third-order valence-corrected chi connectivity index (χ3v) is 2.83. The molecule has 0 fully saturated rings. The molecule has 1 aromatic carbocycles. The fraction of sp³-hybridized carbons (Fsp3) is 0.538. The molecule has 0 aliphatic carbocycles. The first-order valence-electron chi connectivity index (χ1n) is 6.11. The lowest BCUT2D eigenvalue weighted by molar-refractivity contribution is -0.385. The molecule has 0 aliphatic rings. The van der Waals surface area contributed by atoms with Crippen LogP contribution in [0.5, 0.6) is 0 Å². The molecule has 0 amide bonds. The maximum atomic E-state index is 13.0. The summed E-state index contributed by atoms with van der Waals surface area (Å²) in [5.74, 6) is 0. The van der Waals surface area contributed by atoms with Gasteiger partial charge in [0.1, 0.15) is 0 Å². The van der Waals surface area contributed by atoms with Crippen LogP contribution in [0.25, 0.3) is 0 Å². The Morgan fingerprint density at radius 3 is 2.53 bits per heavy atom. The number of rotatable bonds is 6. The van der Waals surface area contributed by atoms with Crippen LogP contribution in [0.3, 0.4) is 0 Å². The van der Waals surface area contributed by atoms with Crippen molar-refractivity contribution in [2.24, 2.45) is 0 Å². The summed E-state index contributed by atoms with van der Waals surface area (Å²) in [4.78, 5) is 9.94. The van der Waals surface area contributed by atoms with Crippen molar-refractivity contribution >= 4 is 11.4 Å². The Balaban J connectivity index is 3.10. The highest BCUT2D eigenvalue weighted by Gasteiger charge is 2.22. The zero-order chi connectivity index (χ0) is 14.6. The van der Waals surface area contributed by atoms with E-state index in [1.54, 1.807) is 0 Å². The van der Waals surface area contributed by atoms with Crippen LogP contribution in [0.1, 0.15) is 45.6 Å². The van der Waals surface area contributed by atoms with Gasteiger partial charge in [0, 0.05) is 28.9 Å². The van der Waals surface area contributed by atoms with Crippen LogP contribution < -0.4 is 5.32 Å². The second-order valence-electron chi connectivity index (χ2n) is 5.09. The predicted octanol–water partition coefficient (Wildman–Crippen LogP) is 4.52. The Morgan fingerprint density at radius 1 is 1.42 bits per heavy atom. The molecule has 0 aliphatic heterocycles. The lowest BCUT2D eigenvalue weighted by Crippen LogP contribution is -2.31. The van der Waals surface area contributed by atoms with E-state index in [-0.39, 0.29) is 22.5 Å². The fourth-order valence-corrected chi connectivity index (χ4v) is 2.01. The third kappa shape index (κ3) is 4.15. The van der Waals surface area contributed by atoms with Gasteiger partial charge in [0.05, 0.1) is 4.92 Å². The van der Waals surface area contributed by atoms with Gasteiger partial charge < -0.3 is 5.32 Å². The molecule has 4 nitrogen and oxygen atoms in total. The number of anilines is 1. The summed E-state index contributed by atoms with van der Waals surface area (Å²) in [6.45, 7) is 5.83. The molecule has 0 saturated heterocycles. The Kier molecular flexibility index (Phi) is 4.80. The van der Waals surface area contributed by atoms with Gasteiger partial charge >= 0.3 is 0 Å². The SMILES string of the molecule is CCCC(C)(C)Nc1ccc([N+](=O)[O-])cc1C(F)F. The van der Waals surface area contributed by atoms with Gasteiger partial charge in [0.2, 0.25) is 0 Å². The van der Waals surface area contributed by atoms with Crippen LogP contribution in [0.15, 0.2) is 18.2 Å². The molecule has 0 atom stereocenters. The zero-order valence-corrected chi connectivity index (χ0v) is 11.2. The summed E-state index contributed by atoms with van der Waals surface area (Å²) in [6.07, 6.45) is -1.02.